The molecule has 1 rings (SSSR count). The van der Waals surface area contributed by atoms with Gasteiger partial charge in [0.05, 0.1) is 5.69 Å². The predicted octanol–water partition coefficient (Wildman–Crippen LogP) is 3.04. The first-order valence-corrected chi connectivity index (χ1v) is 6.76. The minimum atomic E-state index is -0.231. The summed E-state index contributed by atoms with van der Waals surface area (Å²) in [5.74, 6) is 0. The first-order valence-electron chi connectivity index (χ1n) is 5.97. The number of urea groups is 1. The van der Waals surface area contributed by atoms with Gasteiger partial charge in [-0.25, -0.2) is 4.79 Å². The normalized spacial score (nSPS) is 12.0. The number of aryl methyl sites for hydroxylation is 1. The van der Waals surface area contributed by atoms with Crippen molar-refractivity contribution < 1.29 is 9.90 Å². The second-order valence-corrected chi connectivity index (χ2v) is 5.20. The van der Waals surface area contributed by atoms with Crippen LogP contribution in [0.25, 0.3) is 0 Å². The topological polar surface area (TPSA) is 61.4 Å². The predicted molar refractivity (Wildman–Crippen MR) is 76.8 cm³/mol. The summed E-state index contributed by atoms with van der Waals surface area (Å²) in [5, 5.41) is 14.3. The molecular weight excluding hydrogens is 296 g/mol. The van der Waals surface area contributed by atoms with Gasteiger partial charge in [0, 0.05) is 17.1 Å². The van der Waals surface area contributed by atoms with Gasteiger partial charge in [0.1, 0.15) is 0 Å². The summed E-state index contributed by atoms with van der Waals surface area (Å²) in [4.78, 5) is 11.7. The van der Waals surface area contributed by atoms with Gasteiger partial charge < -0.3 is 15.7 Å². The molecule has 0 fully saturated rings. The van der Waals surface area contributed by atoms with Gasteiger partial charge in [0.2, 0.25) is 0 Å². The van der Waals surface area contributed by atoms with Gasteiger partial charge in [0.15, 0.2) is 0 Å². The molecule has 1 unspecified atom stereocenters. The molecule has 0 saturated heterocycles. The van der Waals surface area contributed by atoms with Crippen molar-refractivity contribution in [3.05, 3.63) is 28.2 Å². The van der Waals surface area contributed by atoms with Crippen molar-refractivity contribution in [2.75, 3.05) is 11.9 Å². The SMILES string of the molecule is Cc1ccc(NC(=O)NC(C)CCCO)c(Br)c1. The van der Waals surface area contributed by atoms with Crippen LogP contribution in [0.1, 0.15) is 25.3 Å². The Labute approximate surface area is 116 Å². The molecule has 0 aliphatic rings. The summed E-state index contributed by atoms with van der Waals surface area (Å²) in [6.45, 7) is 4.06. The van der Waals surface area contributed by atoms with Crippen molar-refractivity contribution in [1.82, 2.24) is 5.32 Å². The highest BCUT2D eigenvalue weighted by molar-refractivity contribution is 9.10. The van der Waals surface area contributed by atoms with E-state index in [-0.39, 0.29) is 18.7 Å². The van der Waals surface area contributed by atoms with Crippen LogP contribution < -0.4 is 10.6 Å². The number of anilines is 1. The van der Waals surface area contributed by atoms with Crippen LogP contribution in [0.4, 0.5) is 10.5 Å². The van der Waals surface area contributed by atoms with E-state index in [0.29, 0.717) is 6.42 Å². The van der Waals surface area contributed by atoms with E-state index in [4.69, 9.17) is 5.11 Å². The summed E-state index contributed by atoms with van der Waals surface area (Å²) in [6.07, 6.45) is 1.45. The van der Waals surface area contributed by atoms with Crippen molar-refractivity contribution in [2.45, 2.75) is 32.7 Å². The number of carbonyl (C=O) groups is 1. The summed E-state index contributed by atoms with van der Waals surface area (Å²) in [7, 11) is 0. The number of carbonyl (C=O) groups excluding carboxylic acids is 1. The zero-order valence-electron chi connectivity index (χ0n) is 10.7. The van der Waals surface area contributed by atoms with Crippen LogP contribution in [0.15, 0.2) is 22.7 Å². The first kappa shape index (κ1) is 15.0. The average Bonchev–Trinajstić information content (AvgIpc) is 2.30. The van der Waals surface area contributed by atoms with E-state index >= 15 is 0 Å². The molecule has 1 atom stereocenters. The molecule has 0 spiro atoms. The first-order chi connectivity index (χ1) is 8.52. The maximum absolute atomic E-state index is 11.7. The fourth-order valence-electron chi connectivity index (χ4n) is 1.57. The van der Waals surface area contributed by atoms with Gasteiger partial charge in [0.25, 0.3) is 0 Å². The number of aliphatic hydroxyl groups is 1. The molecule has 2 amide bonds. The Kier molecular flexibility index (Phi) is 6.15. The smallest absolute Gasteiger partial charge is 0.319 e. The third kappa shape index (κ3) is 5.06. The van der Waals surface area contributed by atoms with Crippen LogP contribution in [0, 0.1) is 6.92 Å². The molecule has 0 aromatic heterocycles. The number of hydrogen-bond donors (Lipinski definition) is 3. The minimum absolute atomic E-state index is 0.0429. The lowest BCUT2D eigenvalue weighted by Gasteiger charge is -2.14. The lowest BCUT2D eigenvalue weighted by molar-refractivity contribution is 0.245. The molecule has 100 valence electrons. The second kappa shape index (κ2) is 7.38. The number of aliphatic hydroxyl groups excluding tert-OH is 1. The van der Waals surface area contributed by atoms with Crippen LogP contribution in [-0.2, 0) is 0 Å². The van der Waals surface area contributed by atoms with Crippen LogP contribution in [0.3, 0.4) is 0 Å². The third-order valence-electron chi connectivity index (χ3n) is 2.55. The lowest BCUT2D eigenvalue weighted by atomic mass is 10.2. The largest absolute Gasteiger partial charge is 0.396 e. The van der Waals surface area contributed by atoms with Crippen molar-refractivity contribution in [1.29, 1.82) is 0 Å². The van der Waals surface area contributed by atoms with E-state index in [2.05, 4.69) is 26.6 Å². The van der Waals surface area contributed by atoms with Crippen molar-refractivity contribution in [3.8, 4) is 0 Å². The van der Waals surface area contributed by atoms with Gasteiger partial charge in [-0.1, -0.05) is 6.07 Å². The highest BCUT2D eigenvalue weighted by atomic mass is 79.9. The monoisotopic (exact) mass is 314 g/mol. The number of nitrogens with one attached hydrogen (secondary N) is 2. The fourth-order valence-corrected chi connectivity index (χ4v) is 2.17. The van der Waals surface area contributed by atoms with Gasteiger partial charge in [-0.15, -0.1) is 0 Å². The third-order valence-corrected chi connectivity index (χ3v) is 3.20. The zero-order chi connectivity index (χ0) is 13.5. The maximum atomic E-state index is 11.7. The van der Waals surface area contributed by atoms with E-state index in [1.54, 1.807) is 0 Å². The highest BCUT2D eigenvalue weighted by Gasteiger charge is 2.08. The number of benzene rings is 1. The lowest BCUT2D eigenvalue weighted by Crippen LogP contribution is -2.36. The quantitative estimate of drug-likeness (QED) is 0.782. The van der Waals surface area contributed by atoms with Crippen LogP contribution in [-0.4, -0.2) is 23.8 Å². The van der Waals surface area contributed by atoms with E-state index < -0.39 is 0 Å². The molecular formula is C13H19BrN2O2. The molecule has 0 bridgehead atoms. The Morgan fingerprint density at radius 3 is 2.83 bits per heavy atom. The molecule has 0 aliphatic carbocycles. The standard InChI is InChI=1S/C13H19BrN2O2/c1-9-5-6-12(11(14)8-9)16-13(18)15-10(2)4-3-7-17/h5-6,8,10,17H,3-4,7H2,1-2H3,(H2,15,16,18). The molecule has 1 aromatic carbocycles. The molecule has 1 aromatic rings. The number of amides is 2. The zero-order valence-corrected chi connectivity index (χ0v) is 12.3. The van der Waals surface area contributed by atoms with E-state index in [0.717, 1.165) is 22.1 Å². The number of halogens is 1. The second-order valence-electron chi connectivity index (χ2n) is 4.35. The van der Waals surface area contributed by atoms with E-state index in [1.165, 1.54) is 0 Å². The number of hydrogen-bond acceptors (Lipinski definition) is 2. The summed E-state index contributed by atoms with van der Waals surface area (Å²) in [5.41, 5.74) is 1.87. The van der Waals surface area contributed by atoms with Crippen LogP contribution in [0.2, 0.25) is 0 Å². The fraction of sp³-hybridized carbons (Fsp3) is 0.462. The van der Waals surface area contributed by atoms with E-state index in [9.17, 15) is 4.79 Å². The summed E-state index contributed by atoms with van der Waals surface area (Å²) >= 11 is 3.41. The highest BCUT2D eigenvalue weighted by Crippen LogP contribution is 2.23. The van der Waals surface area contributed by atoms with Crippen molar-refractivity contribution in [3.63, 3.8) is 0 Å². The van der Waals surface area contributed by atoms with Crippen molar-refractivity contribution >= 4 is 27.6 Å². The maximum Gasteiger partial charge on any atom is 0.319 e. The molecule has 0 heterocycles. The molecule has 0 saturated carbocycles. The molecule has 4 nitrogen and oxygen atoms in total. The Morgan fingerprint density at radius 2 is 2.22 bits per heavy atom. The molecule has 5 heteroatoms. The van der Waals surface area contributed by atoms with Crippen LogP contribution in [0.5, 0.6) is 0 Å². The van der Waals surface area contributed by atoms with Gasteiger partial charge in [-0.05, 0) is 60.3 Å². The molecule has 0 radical (unpaired) electrons. The Balaban J connectivity index is 2.49. The Bertz CT molecular complexity index is 410. The Hall–Kier alpha value is -1.07. The molecule has 3 N–H and O–H groups in total. The summed E-state index contributed by atoms with van der Waals surface area (Å²) < 4.78 is 0.862. The van der Waals surface area contributed by atoms with Crippen molar-refractivity contribution in [2.24, 2.45) is 0 Å². The average molecular weight is 315 g/mol. The van der Waals surface area contributed by atoms with Gasteiger partial charge >= 0.3 is 6.03 Å². The van der Waals surface area contributed by atoms with Gasteiger partial charge in [-0.2, -0.15) is 0 Å². The van der Waals surface area contributed by atoms with E-state index in [1.807, 2.05) is 32.0 Å². The Morgan fingerprint density at radius 1 is 1.50 bits per heavy atom. The summed E-state index contributed by atoms with van der Waals surface area (Å²) in [6, 6.07) is 5.56. The molecule has 18 heavy (non-hydrogen) atoms. The van der Waals surface area contributed by atoms with Gasteiger partial charge in [-0.3, -0.25) is 0 Å². The molecule has 0 aliphatic heterocycles. The minimum Gasteiger partial charge on any atom is -0.396 e. The van der Waals surface area contributed by atoms with Crippen LogP contribution >= 0.6 is 15.9 Å². The number of rotatable bonds is 5.